The van der Waals surface area contributed by atoms with Gasteiger partial charge >= 0.3 is 11.9 Å². The molecule has 0 spiro atoms. The van der Waals surface area contributed by atoms with Gasteiger partial charge in [0.2, 0.25) is 0 Å². The van der Waals surface area contributed by atoms with Gasteiger partial charge in [0.15, 0.2) is 0 Å². The third-order valence-corrected chi connectivity index (χ3v) is 10.1. The maximum atomic E-state index is 12.3. The van der Waals surface area contributed by atoms with Gasteiger partial charge < -0.3 is 20.4 Å². The number of carboxylic acid groups (broad SMARTS) is 2. The van der Waals surface area contributed by atoms with Crippen LogP contribution in [-0.2, 0) is 22.3 Å². The molecule has 0 atom stereocenters. The minimum Gasteiger partial charge on any atom is -0.507 e. The smallest absolute Gasteiger partial charge is 0.336 e. The fourth-order valence-electron chi connectivity index (χ4n) is 5.09. The zero-order valence-electron chi connectivity index (χ0n) is 26.1. The molecule has 0 aliphatic rings. The molecule has 0 fully saturated rings. The molecule has 226 valence electrons. The normalized spacial score (nSPS) is 12.0. The molecule has 0 saturated carbocycles. The number of aromatic hydroxyl groups is 2. The second kappa shape index (κ2) is 12.3. The molecule has 6 nitrogen and oxygen atoms in total. The summed E-state index contributed by atoms with van der Waals surface area (Å²) < 4.78 is 0. The summed E-state index contributed by atoms with van der Waals surface area (Å²) in [6, 6.07) is 6.63. The van der Waals surface area contributed by atoms with Crippen molar-refractivity contribution in [2.75, 3.05) is 0 Å². The zero-order chi connectivity index (χ0) is 31.9. The largest absolute Gasteiger partial charge is 0.507 e. The van der Waals surface area contributed by atoms with Crippen LogP contribution in [0.3, 0.4) is 0 Å². The first-order chi connectivity index (χ1) is 19.3. The lowest BCUT2D eigenvalue weighted by atomic mass is 9.83. The molecular formula is C34H42O6S2. The Kier molecular flexibility index (Phi) is 9.74. The number of carboxylic acids is 2. The monoisotopic (exact) mass is 610 g/mol. The Morgan fingerprint density at radius 1 is 0.643 bits per heavy atom. The SMILES string of the molecule is Cc1cc(C(C)(C)C)c(O)c(C)c1CSc1c(C(=O)O)ccc(C(=O)O)c1SCc1c(C)cc(C(C)(C)C)c(O)c1C. The number of phenols is 2. The van der Waals surface area contributed by atoms with Crippen LogP contribution in [0.25, 0.3) is 0 Å². The highest BCUT2D eigenvalue weighted by Crippen LogP contribution is 2.44. The molecule has 0 bridgehead atoms. The Labute approximate surface area is 257 Å². The fraction of sp³-hybridized carbons (Fsp3) is 0.412. The predicted molar refractivity (Wildman–Crippen MR) is 172 cm³/mol. The van der Waals surface area contributed by atoms with Crippen molar-refractivity contribution in [2.45, 2.75) is 101 Å². The van der Waals surface area contributed by atoms with Crippen LogP contribution in [0.4, 0.5) is 0 Å². The molecule has 42 heavy (non-hydrogen) atoms. The van der Waals surface area contributed by atoms with Gasteiger partial charge in [-0.2, -0.15) is 0 Å². The van der Waals surface area contributed by atoms with Crippen LogP contribution < -0.4 is 0 Å². The minimum absolute atomic E-state index is 0.0257. The molecule has 0 aromatic heterocycles. The van der Waals surface area contributed by atoms with Crippen LogP contribution in [0, 0.1) is 27.7 Å². The summed E-state index contributed by atoms with van der Waals surface area (Å²) in [4.78, 5) is 25.4. The summed E-state index contributed by atoms with van der Waals surface area (Å²) in [7, 11) is 0. The molecule has 0 radical (unpaired) electrons. The summed E-state index contributed by atoms with van der Waals surface area (Å²) in [6.45, 7) is 19.9. The topological polar surface area (TPSA) is 115 Å². The molecular weight excluding hydrogens is 569 g/mol. The average molecular weight is 611 g/mol. The van der Waals surface area contributed by atoms with Gasteiger partial charge in [0.05, 0.1) is 11.1 Å². The number of thioether (sulfide) groups is 2. The van der Waals surface area contributed by atoms with Gasteiger partial charge in [-0.25, -0.2) is 9.59 Å². The Bertz CT molecular complexity index is 1440. The number of carbonyl (C=O) groups is 2. The lowest BCUT2D eigenvalue weighted by molar-refractivity contribution is 0.0674. The Morgan fingerprint density at radius 3 is 1.21 bits per heavy atom. The Balaban J connectivity index is 2.11. The molecule has 0 unspecified atom stereocenters. The predicted octanol–water partition coefficient (Wildman–Crippen LogP) is 8.91. The minimum atomic E-state index is -1.14. The number of benzene rings is 3. The molecule has 3 aromatic carbocycles. The van der Waals surface area contributed by atoms with Gasteiger partial charge in [-0.15, -0.1) is 23.5 Å². The van der Waals surface area contributed by atoms with Crippen LogP contribution >= 0.6 is 23.5 Å². The molecule has 0 saturated heterocycles. The van der Waals surface area contributed by atoms with Crippen LogP contribution in [0.1, 0.15) is 107 Å². The number of hydrogen-bond donors (Lipinski definition) is 4. The van der Waals surface area contributed by atoms with E-state index >= 15 is 0 Å². The Hall–Kier alpha value is -3.10. The summed E-state index contributed by atoms with van der Waals surface area (Å²) in [5.74, 6) is -1.14. The van der Waals surface area contributed by atoms with Gasteiger partial charge in [-0.05, 0) is 95.2 Å². The number of phenolic OH excluding ortho intramolecular Hbond substituents is 2. The molecule has 0 amide bonds. The molecule has 3 aromatic rings. The van der Waals surface area contributed by atoms with E-state index in [1.54, 1.807) is 0 Å². The maximum absolute atomic E-state index is 12.3. The van der Waals surface area contributed by atoms with E-state index in [0.717, 1.165) is 44.5 Å². The lowest BCUT2D eigenvalue weighted by Crippen LogP contribution is -2.13. The van der Waals surface area contributed by atoms with E-state index in [2.05, 4.69) is 0 Å². The molecule has 8 heteroatoms. The Morgan fingerprint density at radius 2 is 0.952 bits per heavy atom. The second-order valence-corrected chi connectivity index (χ2v) is 14.9. The van der Waals surface area contributed by atoms with Crippen molar-refractivity contribution in [3.05, 3.63) is 79.9 Å². The van der Waals surface area contributed by atoms with Crippen molar-refractivity contribution < 1.29 is 30.0 Å². The number of rotatable bonds is 8. The van der Waals surface area contributed by atoms with Crippen LogP contribution in [0.15, 0.2) is 34.1 Å². The van der Waals surface area contributed by atoms with E-state index in [-0.39, 0.29) is 33.5 Å². The summed E-state index contributed by atoms with van der Waals surface area (Å²) in [5, 5.41) is 42.1. The highest BCUT2D eigenvalue weighted by Gasteiger charge is 2.27. The van der Waals surface area contributed by atoms with Gasteiger partial charge in [0.25, 0.3) is 0 Å². The number of aromatic carboxylic acids is 2. The van der Waals surface area contributed by atoms with Gasteiger partial charge in [-0.1, -0.05) is 53.7 Å². The summed E-state index contributed by atoms with van der Waals surface area (Å²) in [5.41, 5.74) is 6.40. The fourth-order valence-corrected chi connectivity index (χ4v) is 8.01. The van der Waals surface area contributed by atoms with Crippen molar-refractivity contribution in [1.82, 2.24) is 0 Å². The van der Waals surface area contributed by atoms with Crippen LogP contribution in [-0.4, -0.2) is 32.4 Å². The molecule has 0 aliphatic carbocycles. The number of hydrogen-bond acceptors (Lipinski definition) is 6. The van der Waals surface area contributed by atoms with Crippen molar-refractivity contribution >= 4 is 35.5 Å². The number of aryl methyl sites for hydroxylation is 2. The molecule has 0 aliphatic heterocycles. The van der Waals surface area contributed by atoms with E-state index in [9.17, 15) is 30.0 Å². The van der Waals surface area contributed by atoms with E-state index in [4.69, 9.17) is 0 Å². The van der Waals surface area contributed by atoms with E-state index in [1.165, 1.54) is 35.7 Å². The van der Waals surface area contributed by atoms with Crippen molar-refractivity contribution in [3.8, 4) is 11.5 Å². The quantitative estimate of drug-likeness (QED) is 0.187. The van der Waals surface area contributed by atoms with E-state index < -0.39 is 11.9 Å². The third kappa shape index (κ3) is 6.76. The second-order valence-electron chi connectivity index (χ2n) is 12.9. The standard InChI is InChI=1S/C34H42O6S2/c1-17-13-25(33(5,6)7)27(35)19(3)23(17)15-41-29-21(31(37)38)11-12-22(32(39)40)30(29)42-16-24-18(2)14-26(34(8,9)10)28(36)20(24)4/h11-14,35-36H,15-16H2,1-10H3,(H,37,38)(H,39,40). The van der Waals surface area contributed by atoms with Crippen LogP contribution in [0.2, 0.25) is 0 Å². The van der Waals surface area contributed by atoms with Gasteiger partial charge in [-0.3, -0.25) is 0 Å². The molecule has 3 rings (SSSR count). The van der Waals surface area contributed by atoms with Gasteiger partial charge in [0.1, 0.15) is 11.5 Å². The van der Waals surface area contributed by atoms with E-state index in [1.807, 2.05) is 81.4 Å². The first-order valence-electron chi connectivity index (χ1n) is 13.8. The highest BCUT2D eigenvalue weighted by molar-refractivity contribution is 8.01. The van der Waals surface area contributed by atoms with Crippen molar-refractivity contribution in [3.63, 3.8) is 0 Å². The van der Waals surface area contributed by atoms with Crippen LogP contribution in [0.5, 0.6) is 11.5 Å². The lowest BCUT2D eigenvalue weighted by Gasteiger charge is -2.25. The first kappa shape index (κ1) is 33.4. The first-order valence-corrected chi connectivity index (χ1v) is 15.8. The van der Waals surface area contributed by atoms with Gasteiger partial charge in [0, 0.05) is 21.3 Å². The van der Waals surface area contributed by atoms with Crippen molar-refractivity contribution in [1.29, 1.82) is 0 Å². The molecule has 0 heterocycles. The van der Waals surface area contributed by atoms with Crippen molar-refractivity contribution in [2.24, 2.45) is 0 Å². The van der Waals surface area contributed by atoms with E-state index in [0.29, 0.717) is 21.3 Å². The summed E-state index contributed by atoms with van der Waals surface area (Å²) in [6.07, 6.45) is 0. The molecule has 4 N–H and O–H groups in total. The summed E-state index contributed by atoms with van der Waals surface area (Å²) >= 11 is 2.53. The zero-order valence-corrected chi connectivity index (χ0v) is 27.8. The third-order valence-electron chi connectivity index (χ3n) is 7.71. The highest BCUT2D eigenvalue weighted by atomic mass is 32.2. The average Bonchev–Trinajstić information content (AvgIpc) is 2.86. The maximum Gasteiger partial charge on any atom is 0.336 e.